The molecule has 5 nitrogen and oxygen atoms in total. The van der Waals surface area contributed by atoms with Gasteiger partial charge < -0.3 is 19.9 Å². The fourth-order valence-corrected chi connectivity index (χ4v) is 8.09. The molecule has 0 unspecified atom stereocenters. The molecule has 2 aliphatic heterocycles. The molecular formula is C31H39NO4. The zero-order valence-corrected chi connectivity index (χ0v) is 22.2. The molecule has 36 heavy (non-hydrogen) atoms. The van der Waals surface area contributed by atoms with Gasteiger partial charge in [0.1, 0.15) is 23.7 Å². The van der Waals surface area contributed by atoms with E-state index in [9.17, 15) is 9.90 Å². The molecular weight excluding hydrogens is 450 g/mol. The van der Waals surface area contributed by atoms with E-state index >= 15 is 0 Å². The molecule has 2 aromatic rings. The zero-order valence-electron chi connectivity index (χ0n) is 22.2. The molecule has 2 saturated carbocycles. The average molecular weight is 490 g/mol. The van der Waals surface area contributed by atoms with Crippen LogP contribution in [0.2, 0.25) is 0 Å². The Morgan fingerprint density at radius 3 is 2.61 bits per heavy atom. The van der Waals surface area contributed by atoms with Crippen molar-refractivity contribution in [3.8, 4) is 11.5 Å². The van der Waals surface area contributed by atoms with Crippen molar-refractivity contribution in [2.24, 2.45) is 22.7 Å². The third-order valence-corrected chi connectivity index (χ3v) is 10.5. The zero-order chi connectivity index (χ0) is 25.5. The minimum atomic E-state index is -0.377. The number of fused-ring (bicyclic) bond motifs is 3. The first-order chi connectivity index (χ1) is 17.1. The van der Waals surface area contributed by atoms with Crippen molar-refractivity contribution in [3.63, 3.8) is 0 Å². The van der Waals surface area contributed by atoms with Gasteiger partial charge in [0.25, 0.3) is 5.91 Å². The van der Waals surface area contributed by atoms with Crippen LogP contribution in [0.25, 0.3) is 0 Å². The van der Waals surface area contributed by atoms with Crippen LogP contribution in [0.1, 0.15) is 93.4 Å². The highest BCUT2D eigenvalue weighted by molar-refractivity contribution is 6.01. The molecule has 5 heteroatoms. The number of aliphatic hydroxyl groups excluding tert-OH is 1. The quantitative estimate of drug-likeness (QED) is 0.557. The Morgan fingerprint density at radius 2 is 1.86 bits per heavy atom. The summed E-state index contributed by atoms with van der Waals surface area (Å²) in [5.41, 5.74) is 3.12. The summed E-state index contributed by atoms with van der Waals surface area (Å²) in [7, 11) is 0. The van der Waals surface area contributed by atoms with E-state index in [4.69, 9.17) is 9.47 Å². The molecule has 0 bridgehead atoms. The first-order valence-corrected chi connectivity index (χ1v) is 13.6. The number of rotatable bonds is 3. The molecule has 1 spiro atoms. The third-order valence-electron chi connectivity index (χ3n) is 10.5. The minimum Gasteiger partial charge on any atom is -0.488 e. The maximum Gasteiger partial charge on any atom is 0.252 e. The predicted octanol–water partition coefficient (Wildman–Crippen LogP) is 5.98. The van der Waals surface area contributed by atoms with Crippen molar-refractivity contribution < 1.29 is 19.4 Å². The van der Waals surface area contributed by atoms with Crippen LogP contribution in [0.15, 0.2) is 36.4 Å². The minimum absolute atomic E-state index is 0.0627. The van der Waals surface area contributed by atoms with E-state index in [0.717, 1.165) is 60.3 Å². The second-order valence-corrected chi connectivity index (χ2v) is 12.6. The standard InChI is InChI=1S/C31H39NO4/c1-18-11-12-24-29(3,4)25(33)13-14-31(24)30(18,5)16-22-23(35-17-20-9-7-6-8-10-20)15-21-26(27(22)36-31)19(2)32-28(21)34/h6-10,15,18-19,24-25,33H,11-14,16-17H2,1-5H3,(H,32,34)/t18-,19-,24-,25-,30+,31-/m0/s1. The van der Waals surface area contributed by atoms with Gasteiger partial charge in [-0.25, -0.2) is 0 Å². The molecule has 6 atom stereocenters. The Labute approximate surface area is 214 Å². The lowest BCUT2D eigenvalue weighted by molar-refractivity contribution is -0.233. The molecule has 4 aliphatic rings. The van der Waals surface area contributed by atoms with E-state index in [-0.39, 0.29) is 40.4 Å². The van der Waals surface area contributed by atoms with Crippen molar-refractivity contribution in [1.29, 1.82) is 0 Å². The summed E-state index contributed by atoms with van der Waals surface area (Å²) in [5, 5.41) is 14.1. The van der Waals surface area contributed by atoms with Gasteiger partial charge in [-0.3, -0.25) is 4.79 Å². The van der Waals surface area contributed by atoms with Crippen LogP contribution >= 0.6 is 0 Å². The molecule has 2 N–H and O–H groups in total. The van der Waals surface area contributed by atoms with Crippen molar-refractivity contribution in [3.05, 3.63) is 58.7 Å². The summed E-state index contributed by atoms with van der Waals surface area (Å²) in [6.07, 6.45) is 4.27. The van der Waals surface area contributed by atoms with Crippen molar-refractivity contribution in [1.82, 2.24) is 5.32 Å². The Kier molecular flexibility index (Phi) is 5.29. The van der Waals surface area contributed by atoms with Gasteiger partial charge in [0.15, 0.2) is 0 Å². The maximum absolute atomic E-state index is 13.0. The van der Waals surface area contributed by atoms with Crippen LogP contribution < -0.4 is 14.8 Å². The summed E-state index contributed by atoms with van der Waals surface area (Å²) >= 11 is 0. The summed E-state index contributed by atoms with van der Waals surface area (Å²) < 4.78 is 13.8. The second kappa shape index (κ2) is 7.98. The third kappa shape index (κ3) is 3.14. The number of hydrogen-bond donors (Lipinski definition) is 2. The van der Waals surface area contributed by atoms with Gasteiger partial charge in [-0.15, -0.1) is 0 Å². The molecule has 1 amide bonds. The largest absolute Gasteiger partial charge is 0.488 e. The normalized spacial score (nSPS) is 36.0. The molecule has 0 saturated heterocycles. The fraction of sp³-hybridized carbons (Fsp3) is 0.581. The number of aliphatic hydroxyl groups is 1. The van der Waals surface area contributed by atoms with E-state index in [1.165, 1.54) is 0 Å². The summed E-state index contributed by atoms with van der Waals surface area (Å²) in [6.45, 7) is 11.7. The molecule has 0 radical (unpaired) electrons. The van der Waals surface area contributed by atoms with Crippen LogP contribution in [-0.4, -0.2) is 22.7 Å². The Bertz CT molecular complexity index is 1210. The van der Waals surface area contributed by atoms with Gasteiger partial charge in [0, 0.05) is 22.5 Å². The Balaban J connectivity index is 1.51. The van der Waals surface area contributed by atoms with E-state index in [1.807, 2.05) is 31.2 Å². The SMILES string of the molecule is C[C@@H]1NC(=O)c2cc(OCc3ccccc3)c3c(c21)O[C@@]12CC[C@H](O)C(C)(C)[C@@H]1CC[C@H](C)[C@@]2(C)C3. The van der Waals surface area contributed by atoms with Crippen LogP contribution in [0.3, 0.4) is 0 Å². The lowest BCUT2D eigenvalue weighted by atomic mass is 9.43. The summed E-state index contributed by atoms with van der Waals surface area (Å²) in [5.74, 6) is 2.27. The molecule has 2 aliphatic carbocycles. The number of carbonyl (C=O) groups is 1. The Morgan fingerprint density at radius 1 is 1.11 bits per heavy atom. The van der Waals surface area contributed by atoms with E-state index in [1.54, 1.807) is 0 Å². The lowest BCUT2D eigenvalue weighted by Gasteiger charge is -2.67. The smallest absolute Gasteiger partial charge is 0.252 e. The molecule has 2 heterocycles. The number of carbonyl (C=O) groups excluding carboxylic acids is 1. The maximum atomic E-state index is 13.0. The summed E-state index contributed by atoms with van der Waals surface area (Å²) in [6, 6.07) is 12.0. The molecule has 0 aromatic heterocycles. The molecule has 6 rings (SSSR count). The van der Waals surface area contributed by atoms with Crippen LogP contribution in [-0.2, 0) is 13.0 Å². The number of ether oxygens (including phenoxy) is 2. The Hall–Kier alpha value is -2.53. The number of nitrogens with one attached hydrogen (secondary N) is 1. The lowest BCUT2D eigenvalue weighted by Crippen LogP contribution is -2.70. The van der Waals surface area contributed by atoms with Crippen molar-refractivity contribution in [2.75, 3.05) is 0 Å². The van der Waals surface area contributed by atoms with Crippen LogP contribution in [0.5, 0.6) is 11.5 Å². The predicted molar refractivity (Wildman–Crippen MR) is 139 cm³/mol. The highest BCUT2D eigenvalue weighted by Crippen LogP contribution is 2.67. The highest BCUT2D eigenvalue weighted by Gasteiger charge is 2.68. The monoisotopic (exact) mass is 489 g/mol. The van der Waals surface area contributed by atoms with Gasteiger partial charge >= 0.3 is 0 Å². The van der Waals surface area contributed by atoms with Gasteiger partial charge in [0.2, 0.25) is 0 Å². The van der Waals surface area contributed by atoms with Gasteiger partial charge in [-0.05, 0) is 62.0 Å². The molecule has 192 valence electrons. The van der Waals surface area contributed by atoms with Crippen LogP contribution in [0.4, 0.5) is 0 Å². The van der Waals surface area contributed by atoms with E-state index < -0.39 is 0 Å². The highest BCUT2D eigenvalue weighted by atomic mass is 16.5. The van der Waals surface area contributed by atoms with Crippen LogP contribution in [0, 0.1) is 22.7 Å². The molecule has 2 fully saturated rings. The number of benzene rings is 2. The van der Waals surface area contributed by atoms with Crippen molar-refractivity contribution >= 4 is 5.91 Å². The van der Waals surface area contributed by atoms with E-state index in [2.05, 4.69) is 45.1 Å². The van der Waals surface area contributed by atoms with E-state index in [0.29, 0.717) is 18.1 Å². The molecule has 2 aromatic carbocycles. The second-order valence-electron chi connectivity index (χ2n) is 12.6. The fourth-order valence-electron chi connectivity index (χ4n) is 8.09. The van der Waals surface area contributed by atoms with Gasteiger partial charge in [-0.2, -0.15) is 0 Å². The topological polar surface area (TPSA) is 67.8 Å². The van der Waals surface area contributed by atoms with Crippen molar-refractivity contribution in [2.45, 2.75) is 91.1 Å². The van der Waals surface area contributed by atoms with Gasteiger partial charge in [-0.1, -0.05) is 58.0 Å². The first-order valence-electron chi connectivity index (χ1n) is 13.6. The number of amides is 1. The first kappa shape index (κ1) is 23.8. The average Bonchev–Trinajstić information content (AvgIpc) is 3.13. The number of hydrogen-bond acceptors (Lipinski definition) is 4. The summed E-state index contributed by atoms with van der Waals surface area (Å²) in [4.78, 5) is 13.0. The van der Waals surface area contributed by atoms with Gasteiger partial charge in [0.05, 0.1) is 17.7 Å².